The van der Waals surface area contributed by atoms with Crippen LogP contribution >= 0.6 is 11.6 Å². The molecule has 2 aromatic rings. The van der Waals surface area contributed by atoms with E-state index in [1.165, 1.54) is 0 Å². The average Bonchev–Trinajstić information content (AvgIpc) is 2.68. The average molecular weight is 384 g/mol. The van der Waals surface area contributed by atoms with Crippen LogP contribution in [0.25, 0.3) is 0 Å². The van der Waals surface area contributed by atoms with Crippen molar-refractivity contribution in [3.05, 3.63) is 58.1 Å². The van der Waals surface area contributed by atoms with Gasteiger partial charge in [0.25, 0.3) is 11.8 Å². The van der Waals surface area contributed by atoms with E-state index in [4.69, 9.17) is 11.6 Å². The zero-order valence-electron chi connectivity index (χ0n) is 15.5. The van der Waals surface area contributed by atoms with E-state index in [2.05, 4.69) is 10.2 Å². The van der Waals surface area contributed by atoms with Gasteiger partial charge in [-0.3, -0.25) is 9.59 Å². The van der Waals surface area contributed by atoms with Crippen LogP contribution in [0.2, 0.25) is 5.02 Å². The molecule has 4 rings (SSSR count). The number of piperidine rings is 1. The Morgan fingerprint density at radius 2 is 2.00 bits per heavy atom. The van der Waals surface area contributed by atoms with Gasteiger partial charge in [-0.05, 0) is 62.1 Å². The highest BCUT2D eigenvalue weighted by molar-refractivity contribution is 6.31. The molecule has 140 valence electrons. The summed E-state index contributed by atoms with van der Waals surface area (Å²) in [6.07, 6.45) is 3.20. The van der Waals surface area contributed by atoms with Crippen molar-refractivity contribution in [3.63, 3.8) is 0 Å². The molecule has 0 aromatic heterocycles. The van der Waals surface area contributed by atoms with E-state index < -0.39 is 0 Å². The number of rotatable bonds is 2. The molecule has 0 aliphatic carbocycles. The molecule has 6 heteroatoms. The Balaban J connectivity index is 1.62. The number of carbonyl (C=O) groups is 2. The summed E-state index contributed by atoms with van der Waals surface area (Å²) >= 11 is 6.14. The van der Waals surface area contributed by atoms with Crippen molar-refractivity contribution >= 4 is 34.8 Å². The third kappa shape index (κ3) is 3.16. The first-order chi connectivity index (χ1) is 13.0. The van der Waals surface area contributed by atoms with Crippen molar-refractivity contribution in [2.24, 2.45) is 0 Å². The lowest BCUT2D eigenvalue weighted by molar-refractivity contribution is 0.0589. The largest absolute Gasteiger partial charge is 0.354 e. The standard InChI is InChI=1S/C21H22ClN3O2/c1-13-6-8-15(12-17(13)22)23-20(26)14-7-9-16-18(11-14)24(2)19-5-3-4-10-25(19)21(16)27/h6-9,11-12,19H,3-5,10H2,1-2H3,(H,23,26). The summed E-state index contributed by atoms with van der Waals surface area (Å²) < 4.78 is 0. The van der Waals surface area contributed by atoms with Gasteiger partial charge in [0.2, 0.25) is 0 Å². The fraction of sp³-hybridized carbons (Fsp3) is 0.333. The molecule has 0 spiro atoms. The normalized spacial score (nSPS) is 18.8. The molecule has 2 aliphatic rings. The second-order valence-corrected chi connectivity index (χ2v) is 7.64. The number of amides is 2. The Labute approximate surface area is 163 Å². The minimum absolute atomic E-state index is 0.0603. The van der Waals surface area contributed by atoms with E-state index in [1.54, 1.807) is 18.2 Å². The summed E-state index contributed by atoms with van der Waals surface area (Å²) in [4.78, 5) is 29.6. The van der Waals surface area contributed by atoms with Gasteiger partial charge < -0.3 is 15.1 Å². The van der Waals surface area contributed by atoms with Crippen LogP contribution in [0.15, 0.2) is 36.4 Å². The highest BCUT2D eigenvalue weighted by Gasteiger charge is 2.37. The molecule has 27 heavy (non-hydrogen) atoms. The molecule has 1 unspecified atom stereocenters. The fourth-order valence-corrected chi connectivity index (χ4v) is 4.07. The van der Waals surface area contributed by atoms with Crippen molar-refractivity contribution in [2.75, 3.05) is 23.8 Å². The number of fused-ring (bicyclic) bond motifs is 2. The van der Waals surface area contributed by atoms with Gasteiger partial charge in [0.05, 0.1) is 11.3 Å². The van der Waals surface area contributed by atoms with E-state index in [0.717, 1.165) is 37.1 Å². The number of benzene rings is 2. The Bertz CT molecular complexity index is 928. The van der Waals surface area contributed by atoms with Crippen LogP contribution in [0.4, 0.5) is 11.4 Å². The molecule has 1 saturated heterocycles. The molecule has 1 atom stereocenters. The lowest BCUT2D eigenvalue weighted by atomic mass is 9.97. The number of halogens is 1. The summed E-state index contributed by atoms with van der Waals surface area (Å²) in [5.41, 5.74) is 3.61. The van der Waals surface area contributed by atoms with Crippen LogP contribution in [0, 0.1) is 6.92 Å². The molecule has 2 aliphatic heterocycles. The van der Waals surface area contributed by atoms with Gasteiger partial charge in [-0.15, -0.1) is 0 Å². The van der Waals surface area contributed by atoms with Crippen LogP contribution in [-0.4, -0.2) is 36.5 Å². The van der Waals surface area contributed by atoms with Gasteiger partial charge in [0, 0.05) is 29.9 Å². The van der Waals surface area contributed by atoms with E-state index in [-0.39, 0.29) is 18.0 Å². The number of anilines is 2. The summed E-state index contributed by atoms with van der Waals surface area (Å²) in [6, 6.07) is 10.7. The maximum absolute atomic E-state index is 12.8. The molecule has 0 saturated carbocycles. The van der Waals surface area contributed by atoms with Crippen LogP contribution < -0.4 is 10.2 Å². The number of hydrogen-bond donors (Lipinski definition) is 1. The Hall–Kier alpha value is -2.53. The minimum Gasteiger partial charge on any atom is -0.354 e. The number of carbonyl (C=O) groups excluding carboxylic acids is 2. The van der Waals surface area contributed by atoms with Gasteiger partial charge in [0.15, 0.2) is 0 Å². The van der Waals surface area contributed by atoms with Crippen LogP contribution in [-0.2, 0) is 0 Å². The van der Waals surface area contributed by atoms with Crippen LogP contribution in [0.1, 0.15) is 45.5 Å². The predicted molar refractivity (Wildman–Crippen MR) is 108 cm³/mol. The quantitative estimate of drug-likeness (QED) is 0.841. The zero-order valence-corrected chi connectivity index (χ0v) is 16.2. The van der Waals surface area contributed by atoms with Crippen molar-refractivity contribution < 1.29 is 9.59 Å². The second-order valence-electron chi connectivity index (χ2n) is 7.24. The maximum Gasteiger partial charge on any atom is 0.257 e. The van der Waals surface area contributed by atoms with Gasteiger partial charge in [-0.2, -0.15) is 0 Å². The Kier molecular flexibility index (Phi) is 4.56. The molecular formula is C21H22ClN3O2. The van der Waals surface area contributed by atoms with Gasteiger partial charge in [0.1, 0.15) is 6.17 Å². The molecule has 2 amide bonds. The fourth-order valence-electron chi connectivity index (χ4n) is 3.89. The first kappa shape index (κ1) is 17.9. The smallest absolute Gasteiger partial charge is 0.257 e. The highest BCUT2D eigenvalue weighted by Crippen LogP contribution is 2.35. The van der Waals surface area contributed by atoms with Crippen molar-refractivity contribution in [3.8, 4) is 0 Å². The third-order valence-electron chi connectivity index (χ3n) is 5.48. The van der Waals surface area contributed by atoms with Gasteiger partial charge in [-0.25, -0.2) is 0 Å². The molecule has 0 radical (unpaired) electrons. The molecule has 5 nitrogen and oxygen atoms in total. The predicted octanol–water partition coefficient (Wildman–Crippen LogP) is 4.30. The second kappa shape index (κ2) is 6.89. The van der Waals surface area contributed by atoms with Crippen molar-refractivity contribution in [2.45, 2.75) is 32.4 Å². The van der Waals surface area contributed by atoms with E-state index in [9.17, 15) is 9.59 Å². The van der Waals surface area contributed by atoms with E-state index in [1.807, 2.05) is 37.1 Å². The molecule has 1 N–H and O–H groups in total. The SMILES string of the molecule is Cc1ccc(NC(=O)c2ccc3c(c2)N(C)C2CCCCN2C3=O)cc1Cl. The van der Waals surface area contributed by atoms with Crippen LogP contribution in [0.5, 0.6) is 0 Å². The molecule has 0 bridgehead atoms. The topological polar surface area (TPSA) is 52.7 Å². The molecule has 2 aromatic carbocycles. The van der Waals surface area contributed by atoms with E-state index in [0.29, 0.717) is 21.8 Å². The first-order valence-electron chi connectivity index (χ1n) is 9.21. The zero-order chi connectivity index (χ0) is 19.1. The number of hydrogen-bond acceptors (Lipinski definition) is 3. The molecule has 2 heterocycles. The number of nitrogens with one attached hydrogen (secondary N) is 1. The lowest BCUT2D eigenvalue weighted by Gasteiger charge is -2.46. The lowest BCUT2D eigenvalue weighted by Crippen LogP contribution is -2.55. The van der Waals surface area contributed by atoms with Crippen LogP contribution in [0.3, 0.4) is 0 Å². The monoisotopic (exact) mass is 383 g/mol. The van der Waals surface area contributed by atoms with Crippen molar-refractivity contribution in [1.82, 2.24) is 4.90 Å². The maximum atomic E-state index is 12.8. The summed E-state index contributed by atoms with van der Waals surface area (Å²) in [6.45, 7) is 2.71. The Morgan fingerprint density at radius 1 is 1.19 bits per heavy atom. The molecular weight excluding hydrogens is 362 g/mol. The van der Waals surface area contributed by atoms with E-state index >= 15 is 0 Å². The third-order valence-corrected chi connectivity index (χ3v) is 5.89. The number of aryl methyl sites for hydroxylation is 1. The Morgan fingerprint density at radius 3 is 2.78 bits per heavy atom. The first-order valence-corrected chi connectivity index (χ1v) is 9.59. The van der Waals surface area contributed by atoms with Gasteiger partial charge >= 0.3 is 0 Å². The highest BCUT2D eigenvalue weighted by atomic mass is 35.5. The number of nitrogens with zero attached hydrogens (tertiary/aromatic N) is 2. The van der Waals surface area contributed by atoms with Crippen molar-refractivity contribution in [1.29, 1.82) is 0 Å². The van der Waals surface area contributed by atoms with Gasteiger partial charge in [-0.1, -0.05) is 17.7 Å². The molecule has 1 fully saturated rings. The summed E-state index contributed by atoms with van der Waals surface area (Å²) in [5.74, 6) is -0.158. The summed E-state index contributed by atoms with van der Waals surface area (Å²) in [5, 5.41) is 3.49. The summed E-state index contributed by atoms with van der Waals surface area (Å²) in [7, 11) is 2.00. The minimum atomic E-state index is -0.218.